The van der Waals surface area contributed by atoms with E-state index in [2.05, 4.69) is 29.1 Å². The lowest BCUT2D eigenvalue weighted by molar-refractivity contribution is 0.299. The molecule has 3 aliphatic rings. The minimum Gasteiger partial charge on any atom is -0.497 e. The van der Waals surface area contributed by atoms with Crippen LogP contribution in [0.5, 0.6) is 11.5 Å². The molecule has 0 bridgehead atoms. The van der Waals surface area contributed by atoms with Crippen molar-refractivity contribution in [1.29, 1.82) is 0 Å². The third kappa shape index (κ3) is 4.20. The molecule has 4 rings (SSSR count). The van der Waals surface area contributed by atoms with Gasteiger partial charge in [-0.2, -0.15) is 0 Å². The van der Waals surface area contributed by atoms with Crippen molar-refractivity contribution in [3.8, 4) is 22.9 Å². The number of nitrogens with zero attached hydrogens (tertiary/aromatic N) is 4. The fourth-order valence-electron chi connectivity index (χ4n) is 3.99. The van der Waals surface area contributed by atoms with Gasteiger partial charge in [0.25, 0.3) is 0 Å². The van der Waals surface area contributed by atoms with Crippen molar-refractivity contribution in [2.24, 2.45) is 10.4 Å². The van der Waals surface area contributed by atoms with Crippen LogP contribution in [-0.2, 0) is 13.1 Å². The number of benzene rings is 1. The quantitative estimate of drug-likeness (QED) is 0.604. The Kier molecular flexibility index (Phi) is 5.92. The molecular formula is C23H29N5O4. The van der Waals surface area contributed by atoms with Crippen LogP contribution in [0.3, 0.4) is 0 Å². The van der Waals surface area contributed by atoms with Gasteiger partial charge in [-0.3, -0.25) is 14.1 Å². The van der Waals surface area contributed by atoms with Gasteiger partial charge in [-0.05, 0) is 23.8 Å². The number of nitrogens with one attached hydrogen (secondary N) is 1. The molecule has 32 heavy (non-hydrogen) atoms. The summed E-state index contributed by atoms with van der Waals surface area (Å²) in [5, 5.41) is 13.2. The van der Waals surface area contributed by atoms with Crippen LogP contribution in [0.25, 0.3) is 11.4 Å². The maximum absolute atomic E-state index is 13.7. The van der Waals surface area contributed by atoms with E-state index >= 15 is 0 Å². The average Bonchev–Trinajstić information content (AvgIpc) is 2.79. The topological polar surface area (TPSA) is 103 Å². The Morgan fingerprint density at radius 2 is 1.91 bits per heavy atom. The number of aromatic nitrogens is 3. The molecule has 0 fully saturated rings. The molecule has 0 aliphatic carbocycles. The van der Waals surface area contributed by atoms with Crippen molar-refractivity contribution in [1.82, 2.24) is 14.1 Å². The molecule has 2 N–H and O–H groups in total. The van der Waals surface area contributed by atoms with Gasteiger partial charge in [-0.15, -0.1) is 0 Å². The molecule has 0 saturated heterocycles. The SMILES string of the molecule is COc1cc(Cn2c3cc(=NCCO)cnc-3c3n(c2=O)CC(C)(C)CN3)cc(OC)c1. The molecule has 0 saturated carbocycles. The van der Waals surface area contributed by atoms with Crippen LogP contribution in [0.15, 0.2) is 40.2 Å². The lowest BCUT2D eigenvalue weighted by Gasteiger charge is -2.35. The minimum absolute atomic E-state index is 0.0505. The Labute approximate surface area is 186 Å². The second kappa shape index (κ2) is 8.66. The first-order valence-corrected chi connectivity index (χ1v) is 10.6. The Hall–Kier alpha value is -3.33. The number of hydrogen-bond donors (Lipinski definition) is 2. The normalized spacial score (nSPS) is 15.3. The molecule has 3 heterocycles. The van der Waals surface area contributed by atoms with Gasteiger partial charge in [-0.1, -0.05) is 13.8 Å². The molecule has 0 spiro atoms. The molecule has 9 nitrogen and oxygen atoms in total. The van der Waals surface area contributed by atoms with Crippen molar-refractivity contribution in [3.05, 3.63) is 51.9 Å². The number of hydrogen-bond acceptors (Lipinski definition) is 7. The molecule has 0 radical (unpaired) electrons. The number of aliphatic hydroxyl groups excluding tert-OH is 1. The maximum atomic E-state index is 13.7. The van der Waals surface area contributed by atoms with Gasteiger partial charge in [0.15, 0.2) is 0 Å². The third-order valence-electron chi connectivity index (χ3n) is 5.57. The van der Waals surface area contributed by atoms with Crippen LogP contribution < -0.4 is 25.8 Å². The number of methoxy groups -OCH3 is 2. The second-order valence-corrected chi connectivity index (χ2v) is 8.71. The van der Waals surface area contributed by atoms with Crippen molar-refractivity contribution < 1.29 is 14.6 Å². The van der Waals surface area contributed by atoms with Crippen molar-refractivity contribution in [3.63, 3.8) is 0 Å². The van der Waals surface area contributed by atoms with Gasteiger partial charge in [0, 0.05) is 24.6 Å². The summed E-state index contributed by atoms with van der Waals surface area (Å²) < 4.78 is 14.3. The molecule has 0 atom stereocenters. The van der Waals surface area contributed by atoms with Gasteiger partial charge in [0.05, 0.1) is 51.2 Å². The molecular weight excluding hydrogens is 410 g/mol. The Morgan fingerprint density at radius 1 is 1.19 bits per heavy atom. The summed E-state index contributed by atoms with van der Waals surface area (Å²) in [6.45, 7) is 6.12. The van der Waals surface area contributed by atoms with E-state index in [0.717, 1.165) is 17.9 Å². The van der Waals surface area contributed by atoms with E-state index < -0.39 is 0 Å². The Balaban J connectivity index is 1.94. The van der Waals surface area contributed by atoms with Crippen LogP contribution in [0.4, 0.5) is 5.82 Å². The first-order valence-electron chi connectivity index (χ1n) is 10.6. The van der Waals surface area contributed by atoms with Gasteiger partial charge < -0.3 is 19.9 Å². The largest absolute Gasteiger partial charge is 0.497 e. The van der Waals surface area contributed by atoms with Crippen LogP contribution in [-0.4, -0.2) is 53.1 Å². The molecule has 9 heteroatoms. The van der Waals surface area contributed by atoms with E-state index in [-0.39, 0.29) is 24.3 Å². The van der Waals surface area contributed by atoms with E-state index in [9.17, 15) is 4.79 Å². The van der Waals surface area contributed by atoms with Crippen molar-refractivity contribution >= 4 is 5.82 Å². The summed E-state index contributed by atoms with van der Waals surface area (Å²) in [5.41, 5.74) is 2.05. The monoisotopic (exact) mass is 439 g/mol. The van der Waals surface area contributed by atoms with E-state index in [1.807, 2.05) is 18.2 Å². The van der Waals surface area contributed by atoms with Crippen molar-refractivity contribution in [2.45, 2.75) is 26.9 Å². The van der Waals surface area contributed by atoms with Crippen molar-refractivity contribution in [2.75, 3.05) is 39.2 Å². The first kappa shape index (κ1) is 21.9. The first-order chi connectivity index (χ1) is 15.3. The fourth-order valence-corrected chi connectivity index (χ4v) is 3.99. The molecule has 3 aliphatic heterocycles. The highest BCUT2D eigenvalue weighted by atomic mass is 16.5. The molecule has 0 unspecified atom stereocenters. The molecule has 1 aromatic rings. The highest BCUT2D eigenvalue weighted by Crippen LogP contribution is 2.33. The van der Waals surface area contributed by atoms with E-state index in [1.165, 1.54) is 0 Å². The number of ether oxygens (including phenoxy) is 2. The molecule has 170 valence electrons. The summed E-state index contributed by atoms with van der Waals surface area (Å²) in [4.78, 5) is 22.7. The predicted octanol–water partition coefficient (Wildman–Crippen LogP) is 1.56. The lowest BCUT2D eigenvalue weighted by Crippen LogP contribution is -2.44. The van der Waals surface area contributed by atoms with Crippen LogP contribution in [0.2, 0.25) is 0 Å². The predicted molar refractivity (Wildman–Crippen MR) is 122 cm³/mol. The smallest absolute Gasteiger partial charge is 0.330 e. The molecule has 1 aromatic carbocycles. The fraction of sp³-hybridized carbons (Fsp3) is 0.435. The summed E-state index contributed by atoms with van der Waals surface area (Å²) in [6, 6.07) is 7.42. The lowest BCUT2D eigenvalue weighted by atomic mass is 9.91. The zero-order chi connectivity index (χ0) is 22.9. The summed E-state index contributed by atoms with van der Waals surface area (Å²) in [7, 11) is 3.20. The summed E-state index contributed by atoms with van der Waals surface area (Å²) in [5.74, 6) is 2.03. The third-order valence-corrected chi connectivity index (χ3v) is 5.57. The standard InChI is InChI=1S/C23H29N5O4/c1-23(2)13-26-21-20-19(9-16(11-25-20)24-5-6-29)27(22(30)28(21)14-23)12-15-7-17(31-3)10-18(8-15)32-4/h7-11,26,29H,5-6,12-14H2,1-4H3. The Bertz CT molecular complexity index is 1210. The highest BCUT2D eigenvalue weighted by molar-refractivity contribution is 5.70. The number of pyridine rings is 1. The highest BCUT2D eigenvalue weighted by Gasteiger charge is 2.31. The number of fused-ring (bicyclic) bond motifs is 3. The van der Waals surface area contributed by atoms with Gasteiger partial charge in [0.2, 0.25) is 0 Å². The Morgan fingerprint density at radius 3 is 2.56 bits per heavy atom. The van der Waals surface area contributed by atoms with Gasteiger partial charge in [-0.25, -0.2) is 9.78 Å². The second-order valence-electron chi connectivity index (χ2n) is 8.71. The van der Waals surface area contributed by atoms with Crippen LogP contribution >= 0.6 is 0 Å². The summed E-state index contributed by atoms with van der Waals surface area (Å²) in [6.07, 6.45) is 1.67. The van der Waals surface area contributed by atoms with Crippen LogP contribution in [0.1, 0.15) is 19.4 Å². The van der Waals surface area contributed by atoms with E-state index in [1.54, 1.807) is 35.6 Å². The summed E-state index contributed by atoms with van der Waals surface area (Å²) >= 11 is 0. The number of rotatable bonds is 6. The number of aliphatic hydroxyl groups is 1. The molecule has 0 aromatic heterocycles. The zero-order valence-corrected chi connectivity index (χ0v) is 18.9. The average molecular weight is 440 g/mol. The molecule has 0 amide bonds. The van der Waals surface area contributed by atoms with Gasteiger partial charge >= 0.3 is 5.69 Å². The van der Waals surface area contributed by atoms with Gasteiger partial charge in [0.1, 0.15) is 23.0 Å². The minimum atomic E-state index is -0.129. The van der Waals surface area contributed by atoms with E-state index in [0.29, 0.717) is 41.3 Å². The number of anilines is 1. The zero-order valence-electron chi connectivity index (χ0n) is 18.9. The van der Waals surface area contributed by atoms with E-state index in [4.69, 9.17) is 14.6 Å². The van der Waals surface area contributed by atoms with Crippen LogP contribution in [0, 0.1) is 5.41 Å². The maximum Gasteiger partial charge on any atom is 0.330 e.